The van der Waals surface area contributed by atoms with Crippen molar-refractivity contribution in [1.29, 1.82) is 0 Å². The molecule has 0 aliphatic carbocycles. The van der Waals surface area contributed by atoms with Gasteiger partial charge in [0.2, 0.25) is 5.91 Å². The molecular formula is C44H85NO5. The van der Waals surface area contributed by atoms with Gasteiger partial charge in [0.25, 0.3) is 0 Å². The van der Waals surface area contributed by atoms with E-state index in [2.05, 4.69) is 38.2 Å². The van der Waals surface area contributed by atoms with Gasteiger partial charge in [0.1, 0.15) is 6.10 Å². The van der Waals surface area contributed by atoms with Gasteiger partial charge in [0.05, 0.1) is 25.2 Å². The van der Waals surface area contributed by atoms with Gasteiger partial charge in [-0.15, -0.1) is 0 Å². The summed E-state index contributed by atoms with van der Waals surface area (Å²) in [6, 6.07) is -0.696. The molecule has 0 radical (unpaired) electrons. The first-order valence-electron chi connectivity index (χ1n) is 21.9. The minimum absolute atomic E-state index is 0.0719. The Morgan fingerprint density at radius 2 is 0.980 bits per heavy atom. The first kappa shape index (κ1) is 48.6. The van der Waals surface area contributed by atoms with E-state index in [0.717, 1.165) is 70.6 Å². The molecule has 0 aromatic rings. The van der Waals surface area contributed by atoms with Crippen LogP contribution in [0.15, 0.2) is 12.2 Å². The van der Waals surface area contributed by atoms with Crippen LogP contribution in [0, 0.1) is 0 Å². The van der Waals surface area contributed by atoms with Crippen molar-refractivity contribution >= 4 is 11.9 Å². The zero-order valence-corrected chi connectivity index (χ0v) is 33.5. The van der Waals surface area contributed by atoms with E-state index in [0.29, 0.717) is 19.3 Å². The van der Waals surface area contributed by atoms with E-state index < -0.39 is 18.2 Å². The second-order valence-electron chi connectivity index (χ2n) is 15.1. The van der Waals surface area contributed by atoms with Gasteiger partial charge >= 0.3 is 5.97 Å². The Morgan fingerprint density at radius 1 is 0.560 bits per heavy atom. The quantitative estimate of drug-likeness (QED) is 0.0336. The highest BCUT2D eigenvalue weighted by atomic mass is 16.5. The molecule has 6 nitrogen and oxygen atoms in total. The molecule has 1 amide bonds. The summed E-state index contributed by atoms with van der Waals surface area (Å²) >= 11 is 0. The number of hydrogen-bond acceptors (Lipinski definition) is 5. The van der Waals surface area contributed by atoms with E-state index in [1.54, 1.807) is 0 Å². The lowest BCUT2D eigenvalue weighted by atomic mass is 10.0. The summed E-state index contributed by atoms with van der Waals surface area (Å²) in [4.78, 5) is 25.8. The van der Waals surface area contributed by atoms with Crippen molar-refractivity contribution < 1.29 is 24.5 Å². The molecule has 0 aliphatic rings. The summed E-state index contributed by atoms with van der Waals surface area (Å²) in [6.45, 7) is 6.40. The molecule has 296 valence electrons. The molecule has 3 atom stereocenters. The van der Waals surface area contributed by atoms with E-state index >= 15 is 0 Å². The first-order chi connectivity index (χ1) is 24.5. The summed E-state index contributed by atoms with van der Waals surface area (Å²) in [6.07, 6.45) is 39.9. The monoisotopic (exact) mass is 708 g/mol. The maximum absolute atomic E-state index is 13.0. The van der Waals surface area contributed by atoms with Crippen molar-refractivity contribution in [3.8, 4) is 0 Å². The number of allylic oxidation sites excluding steroid dienone is 2. The minimum atomic E-state index is -0.782. The van der Waals surface area contributed by atoms with Crippen LogP contribution in [-0.4, -0.2) is 46.9 Å². The van der Waals surface area contributed by atoms with Crippen LogP contribution >= 0.6 is 0 Å². The van der Waals surface area contributed by atoms with E-state index in [1.807, 2.05) is 0 Å². The maximum atomic E-state index is 13.0. The molecule has 0 aromatic heterocycles. The van der Waals surface area contributed by atoms with Crippen LogP contribution in [0.4, 0.5) is 0 Å². The number of carbonyl (C=O) groups is 2. The number of esters is 1. The molecule has 0 saturated carbocycles. The molecule has 50 heavy (non-hydrogen) atoms. The third kappa shape index (κ3) is 33.7. The highest BCUT2D eigenvalue weighted by Crippen LogP contribution is 2.17. The molecule has 0 bridgehead atoms. The van der Waals surface area contributed by atoms with Crippen LogP contribution in [0.3, 0.4) is 0 Å². The van der Waals surface area contributed by atoms with Gasteiger partial charge in [0, 0.05) is 6.42 Å². The smallest absolute Gasteiger partial charge is 0.306 e. The third-order valence-corrected chi connectivity index (χ3v) is 10.1. The first-order valence-corrected chi connectivity index (χ1v) is 21.9. The van der Waals surface area contributed by atoms with Crippen molar-refractivity contribution in [2.45, 2.75) is 251 Å². The van der Waals surface area contributed by atoms with E-state index in [1.165, 1.54) is 116 Å². The molecule has 0 aliphatic heterocycles. The van der Waals surface area contributed by atoms with Gasteiger partial charge in [-0.05, 0) is 44.9 Å². The molecular weight excluding hydrogens is 622 g/mol. The minimum Gasteiger partial charge on any atom is -0.462 e. The summed E-state index contributed by atoms with van der Waals surface area (Å²) in [5, 5.41) is 23.5. The van der Waals surface area contributed by atoms with Gasteiger partial charge in [-0.2, -0.15) is 0 Å². The number of amides is 1. The number of rotatable bonds is 39. The topological polar surface area (TPSA) is 95.9 Å². The zero-order valence-electron chi connectivity index (χ0n) is 33.5. The summed E-state index contributed by atoms with van der Waals surface area (Å²) in [5.41, 5.74) is 0. The standard InChI is InChI=1S/C44H85NO5/c1-4-7-10-13-16-19-20-21-22-25-28-31-34-37-44(49)50-40(35-32-29-26-23-17-14-11-8-5-2)38-43(48)45-41(39-46)42(47)36-33-30-27-24-18-15-12-9-6-3/h14,17,40-42,46-47H,4-13,15-16,18-39H2,1-3H3,(H,45,48)/b17-14-. The number of unbranched alkanes of at least 4 members (excludes halogenated alkanes) is 25. The average Bonchev–Trinajstić information content (AvgIpc) is 3.10. The normalized spacial score (nSPS) is 13.5. The summed E-state index contributed by atoms with van der Waals surface area (Å²) in [7, 11) is 0. The van der Waals surface area contributed by atoms with E-state index in [-0.39, 0.29) is 24.9 Å². The highest BCUT2D eigenvalue weighted by molar-refractivity contribution is 5.77. The number of nitrogens with one attached hydrogen (secondary N) is 1. The van der Waals surface area contributed by atoms with Gasteiger partial charge in [-0.3, -0.25) is 9.59 Å². The molecule has 3 unspecified atom stereocenters. The Bertz CT molecular complexity index is 757. The second-order valence-corrected chi connectivity index (χ2v) is 15.1. The van der Waals surface area contributed by atoms with Crippen LogP contribution in [0.25, 0.3) is 0 Å². The fourth-order valence-corrected chi connectivity index (χ4v) is 6.70. The SMILES string of the molecule is CCCC/C=C\CCCCCC(CC(=O)NC(CO)C(O)CCCCCCCCCCC)OC(=O)CCCCCCCCCCCCCCC. The van der Waals surface area contributed by atoms with Gasteiger partial charge in [-0.25, -0.2) is 0 Å². The average molecular weight is 708 g/mol. The van der Waals surface area contributed by atoms with Gasteiger partial charge < -0.3 is 20.3 Å². The molecule has 0 fully saturated rings. The zero-order chi connectivity index (χ0) is 36.8. The van der Waals surface area contributed by atoms with E-state index in [9.17, 15) is 19.8 Å². The lowest BCUT2D eigenvalue weighted by molar-refractivity contribution is -0.151. The van der Waals surface area contributed by atoms with Gasteiger partial charge in [0.15, 0.2) is 0 Å². The van der Waals surface area contributed by atoms with Crippen molar-refractivity contribution in [3.63, 3.8) is 0 Å². The Labute approximate surface area is 310 Å². The number of aliphatic hydroxyl groups excluding tert-OH is 2. The molecule has 0 rings (SSSR count). The lowest BCUT2D eigenvalue weighted by Gasteiger charge is -2.24. The largest absolute Gasteiger partial charge is 0.462 e. The molecule has 0 saturated heterocycles. The Hall–Kier alpha value is -1.40. The number of aliphatic hydroxyl groups is 2. The number of carbonyl (C=O) groups excluding carboxylic acids is 2. The van der Waals surface area contributed by atoms with Crippen LogP contribution in [-0.2, 0) is 14.3 Å². The molecule has 3 N–H and O–H groups in total. The van der Waals surface area contributed by atoms with Crippen LogP contribution in [0.5, 0.6) is 0 Å². The highest BCUT2D eigenvalue weighted by Gasteiger charge is 2.24. The second kappa shape index (κ2) is 38.8. The van der Waals surface area contributed by atoms with Crippen LogP contribution in [0.1, 0.15) is 233 Å². The molecule has 0 spiro atoms. The number of hydrogen-bond donors (Lipinski definition) is 3. The van der Waals surface area contributed by atoms with Crippen LogP contribution < -0.4 is 5.32 Å². The fourth-order valence-electron chi connectivity index (χ4n) is 6.70. The molecule has 6 heteroatoms. The predicted octanol–water partition coefficient (Wildman–Crippen LogP) is 12.2. The lowest BCUT2D eigenvalue weighted by Crippen LogP contribution is -2.46. The fraction of sp³-hybridized carbons (Fsp3) is 0.909. The molecule has 0 heterocycles. The molecule has 0 aromatic carbocycles. The van der Waals surface area contributed by atoms with E-state index in [4.69, 9.17) is 4.74 Å². The maximum Gasteiger partial charge on any atom is 0.306 e. The Kier molecular flexibility index (Phi) is 37.7. The summed E-state index contributed by atoms with van der Waals surface area (Å²) < 4.78 is 5.87. The third-order valence-electron chi connectivity index (χ3n) is 10.1. The Morgan fingerprint density at radius 3 is 1.48 bits per heavy atom. The van der Waals surface area contributed by atoms with Crippen molar-refractivity contribution in [1.82, 2.24) is 5.32 Å². The predicted molar refractivity (Wildman–Crippen MR) is 213 cm³/mol. The number of ether oxygens (including phenoxy) is 1. The summed E-state index contributed by atoms with van der Waals surface area (Å²) in [5.74, 6) is -0.485. The van der Waals surface area contributed by atoms with Crippen LogP contribution in [0.2, 0.25) is 0 Å². The Balaban J connectivity index is 4.53. The van der Waals surface area contributed by atoms with Crippen molar-refractivity contribution in [3.05, 3.63) is 12.2 Å². The van der Waals surface area contributed by atoms with Crippen molar-refractivity contribution in [2.75, 3.05) is 6.61 Å². The van der Waals surface area contributed by atoms with Crippen molar-refractivity contribution in [2.24, 2.45) is 0 Å². The van der Waals surface area contributed by atoms with Gasteiger partial charge in [-0.1, -0.05) is 187 Å².